The van der Waals surface area contributed by atoms with Crippen LogP contribution in [-0.2, 0) is 68.1 Å². The predicted octanol–water partition coefficient (Wildman–Crippen LogP) is 13.4. The lowest BCUT2D eigenvalue weighted by atomic mass is 9.95. The molecule has 420 valence electrons. The lowest BCUT2D eigenvalue weighted by molar-refractivity contribution is -0.288. The number of imide groups is 1. The molecule has 9 aromatic carbocycles. The van der Waals surface area contributed by atoms with Crippen molar-refractivity contribution in [2.24, 2.45) is 0 Å². The van der Waals surface area contributed by atoms with E-state index in [1.807, 2.05) is 212 Å². The summed E-state index contributed by atoms with van der Waals surface area (Å²) < 4.78 is 63.3. The molecule has 14 heteroatoms. The highest BCUT2D eigenvalue weighted by Crippen LogP contribution is 2.51. The highest BCUT2D eigenvalue weighted by molar-refractivity contribution is 6.39. The standard InChI is InChI=1S/C70H59N3O11/c74-68-61-59-52-33-51(78-38-47-23-11-3-12-24-47)31-32-54(52)71-63(59)64-60(62(61)69(75)72(68)43-77-37-46-21-9-2-10-22-46)53-34-56-57(83-44-82-56)35-55(53)73(64)70-67(81-41-50-29-17-6-18-30-50)66(80-40-49-27-15-5-16-28-49)65(79-39-48-25-13-4-14-26-48)58(84-70)42-76-36-45-19-7-1-8-20-45/h1-35,58,65-67,70-71H,36-44H2. The van der Waals surface area contributed by atoms with Gasteiger partial charge in [-0.2, -0.15) is 0 Å². The molecule has 14 nitrogen and oxygen atoms in total. The molecule has 0 spiro atoms. The van der Waals surface area contributed by atoms with Gasteiger partial charge in [0.05, 0.1) is 67.3 Å². The summed E-state index contributed by atoms with van der Waals surface area (Å²) in [6.07, 6.45) is -4.31. The van der Waals surface area contributed by atoms with E-state index in [4.69, 9.17) is 42.6 Å². The summed E-state index contributed by atoms with van der Waals surface area (Å²) in [5.74, 6) is 0.560. The zero-order chi connectivity index (χ0) is 56.3. The van der Waals surface area contributed by atoms with Crippen LogP contribution in [0.4, 0.5) is 0 Å². The summed E-state index contributed by atoms with van der Waals surface area (Å²) in [6.45, 7) is 1.22. The van der Waals surface area contributed by atoms with Crippen molar-refractivity contribution in [2.75, 3.05) is 20.1 Å². The SMILES string of the molecule is O=C1c2c(c3c4cc5c(cc4n(C4OC(COCc6ccccc6)C(OCc6ccccc6)C(OCc6ccccc6)C4OCc4ccccc4)c3c3[nH]c4ccc(OCc6ccccc6)cc4c23)OCO5)C(=O)N1COCc1ccccc1. The van der Waals surface area contributed by atoms with Gasteiger partial charge in [-0.1, -0.05) is 182 Å². The van der Waals surface area contributed by atoms with Crippen LogP contribution in [0.25, 0.3) is 43.6 Å². The van der Waals surface area contributed by atoms with Crippen LogP contribution < -0.4 is 14.2 Å². The third kappa shape index (κ3) is 10.4. The highest BCUT2D eigenvalue weighted by Gasteiger charge is 2.51. The van der Waals surface area contributed by atoms with Crippen LogP contribution in [-0.4, -0.2) is 70.8 Å². The number of hydrogen-bond donors (Lipinski definition) is 1. The quantitative estimate of drug-likeness (QED) is 0.0687. The van der Waals surface area contributed by atoms with Crippen LogP contribution in [0.2, 0.25) is 0 Å². The summed E-state index contributed by atoms with van der Waals surface area (Å²) in [4.78, 5) is 36.1. The largest absolute Gasteiger partial charge is 0.489 e. The Balaban J connectivity index is 0.993. The number of H-pyrrole nitrogens is 1. The lowest BCUT2D eigenvalue weighted by Crippen LogP contribution is -2.59. The first-order valence-corrected chi connectivity index (χ1v) is 28.3. The van der Waals surface area contributed by atoms with Crippen molar-refractivity contribution in [3.05, 3.63) is 257 Å². The number of aromatic amines is 1. The Morgan fingerprint density at radius 2 is 0.964 bits per heavy atom. The van der Waals surface area contributed by atoms with Gasteiger partial charge in [0.15, 0.2) is 17.7 Å². The van der Waals surface area contributed by atoms with E-state index in [2.05, 4.69) is 9.55 Å². The number of hydrogen-bond acceptors (Lipinski definition) is 11. The highest BCUT2D eigenvalue weighted by atomic mass is 16.7. The van der Waals surface area contributed by atoms with Gasteiger partial charge < -0.3 is 52.2 Å². The number of carbonyl (C=O) groups excluding carboxylic acids is 2. The Labute approximate surface area is 484 Å². The second-order valence-corrected chi connectivity index (χ2v) is 21.3. The van der Waals surface area contributed by atoms with E-state index in [0.29, 0.717) is 74.1 Å². The van der Waals surface area contributed by atoms with E-state index in [0.717, 1.165) is 33.4 Å². The monoisotopic (exact) mass is 1120 g/mol. The zero-order valence-corrected chi connectivity index (χ0v) is 45.8. The summed E-state index contributed by atoms with van der Waals surface area (Å²) in [7, 11) is 0. The number of benzene rings is 9. The fourth-order valence-corrected chi connectivity index (χ4v) is 11.9. The minimum Gasteiger partial charge on any atom is -0.489 e. The number of nitrogens with zero attached hydrogens (tertiary/aromatic N) is 2. The Morgan fingerprint density at radius 3 is 1.54 bits per heavy atom. The smallest absolute Gasteiger partial charge is 0.264 e. The first-order chi connectivity index (χ1) is 41.5. The Kier molecular flexibility index (Phi) is 14.9. The Morgan fingerprint density at radius 1 is 0.476 bits per heavy atom. The van der Waals surface area contributed by atoms with Crippen molar-refractivity contribution in [1.82, 2.24) is 14.5 Å². The molecule has 1 saturated heterocycles. The Bertz CT molecular complexity index is 4130. The van der Waals surface area contributed by atoms with E-state index in [9.17, 15) is 0 Å². The van der Waals surface area contributed by atoms with Gasteiger partial charge in [-0.3, -0.25) is 9.59 Å². The van der Waals surface area contributed by atoms with Crippen LogP contribution in [0, 0.1) is 0 Å². The maximum atomic E-state index is 15.7. The molecule has 5 heterocycles. The molecule has 5 atom stereocenters. The molecule has 11 aromatic rings. The van der Waals surface area contributed by atoms with Gasteiger partial charge >= 0.3 is 0 Å². The second-order valence-electron chi connectivity index (χ2n) is 21.3. The van der Waals surface area contributed by atoms with Crippen molar-refractivity contribution in [3.63, 3.8) is 0 Å². The summed E-state index contributed by atoms with van der Waals surface area (Å²) >= 11 is 0. The van der Waals surface area contributed by atoms with Gasteiger partial charge in [0.25, 0.3) is 11.8 Å². The van der Waals surface area contributed by atoms with Crippen LogP contribution in [0.15, 0.2) is 212 Å². The van der Waals surface area contributed by atoms with Gasteiger partial charge in [-0.25, -0.2) is 4.90 Å². The normalized spacial score (nSPS) is 18.4. The van der Waals surface area contributed by atoms with Crippen molar-refractivity contribution in [1.29, 1.82) is 0 Å². The van der Waals surface area contributed by atoms with Crippen molar-refractivity contribution < 1.29 is 52.2 Å². The van der Waals surface area contributed by atoms with Gasteiger partial charge in [0.2, 0.25) is 6.79 Å². The molecular weight excluding hydrogens is 1060 g/mol. The van der Waals surface area contributed by atoms with Crippen molar-refractivity contribution >= 4 is 55.4 Å². The molecule has 0 bridgehead atoms. The predicted molar refractivity (Wildman–Crippen MR) is 317 cm³/mol. The minimum atomic E-state index is -1.04. The summed E-state index contributed by atoms with van der Waals surface area (Å²) in [6, 6.07) is 69.3. The van der Waals surface area contributed by atoms with Gasteiger partial charge in [0.1, 0.15) is 43.5 Å². The van der Waals surface area contributed by atoms with E-state index in [1.165, 1.54) is 4.90 Å². The molecule has 1 fully saturated rings. The van der Waals surface area contributed by atoms with Crippen LogP contribution >= 0.6 is 0 Å². The average molecular weight is 1120 g/mol. The molecule has 0 saturated carbocycles. The molecule has 0 radical (unpaired) electrons. The van der Waals surface area contributed by atoms with Gasteiger partial charge in [-0.15, -0.1) is 0 Å². The molecule has 14 rings (SSSR count). The number of nitrogens with one attached hydrogen (secondary N) is 1. The zero-order valence-electron chi connectivity index (χ0n) is 45.8. The third-order valence-electron chi connectivity index (χ3n) is 15.9. The maximum absolute atomic E-state index is 15.7. The molecule has 0 aliphatic carbocycles. The van der Waals surface area contributed by atoms with E-state index in [1.54, 1.807) is 0 Å². The van der Waals surface area contributed by atoms with Crippen LogP contribution in [0.5, 0.6) is 17.2 Å². The van der Waals surface area contributed by atoms with Gasteiger partial charge in [-0.05, 0) is 57.6 Å². The number of rotatable bonds is 21. The minimum absolute atomic E-state index is 0.0116. The number of carbonyl (C=O) groups is 2. The van der Waals surface area contributed by atoms with Gasteiger partial charge in [0, 0.05) is 33.1 Å². The molecule has 3 aliphatic heterocycles. The topological polar surface area (TPSA) is 141 Å². The molecule has 2 aromatic heterocycles. The lowest BCUT2D eigenvalue weighted by Gasteiger charge is -2.47. The first-order valence-electron chi connectivity index (χ1n) is 28.3. The fourth-order valence-electron chi connectivity index (χ4n) is 11.9. The van der Waals surface area contributed by atoms with Crippen molar-refractivity contribution in [2.45, 2.75) is 70.3 Å². The van der Waals surface area contributed by atoms with E-state index < -0.39 is 42.5 Å². The molecule has 2 amide bonds. The van der Waals surface area contributed by atoms with Crippen molar-refractivity contribution in [3.8, 4) is 17.2 Å². The summed E-state index contributed by atoms with van der Waals surface area (Å²) in [5.41, 5.74) is 8.68. The van der Waals surface area contributed by atoms with Crippen LogP contribution in [0.3, 0.4) is 0 Å². The number of amides is 2. The van der Waals surface area contributed by atoms with Crippen LogP contribution in [0.1, 0.15) is 60.3 Å². The van der Waals surface area contributed by atoms with E-state index >= 15 is 9.59 Å². The molecular formula is C70H59N3O11. The molecule has 84 heavy (non-hydrogen) atoms. The van der Waals surface area contributed by atoms with E-state index in [-0.39, 0.29) is 57.7 Å². The first kappa shape index (κ1) is 52.9. The third-order valence-corrected chi connectivity index (χ3v) is 15.9. The fraction of sp³-hybridized carbons (Fsp3) is 0.200. The molecule has 5 unspecified atom stereocenters. The molecule has 3 aliphatic rings. The maximum Gasteiger partial charge on any atom is 0.264 e. The average Bonchev–Trinajstić information content (AvgIpc) is 1.70. The number of fused-ring (bicyclic) bond motifs is 11. The molecule has 1 N–H and O–H groups in total. The second kappa shape index (κ2) is 23.6. The number of ether oxygens (including phenoxy) is 9. The summed E-state index contributed by atoms with van der Waals surface area (Å²) in [5, 5.41) is 2.35. The number of aromatic nitrogens is 2. The Hall–Kier alpha value is -9.12.